The summed E-state index contributed by atoms with van der Waals surface area (Å²) in [5.41, 5.74) is 1.16. The predicted octanol–water partition coefficient (Wildman–Crippen LogP) is 3.40. The number of benzene rings is 1. The van der Waals surface area contributed by atoms with Gasteiger partial charge in [0, 0.05) is 23.5 Å². The van der Waals surface area contributed by atoms with Crippen molar-refractivity contribution >= 4 is 23.3 Å². The van der Waals surface area contributed by atoms with E-state index < -0.39 is 0 Å². The number of hydrogen-bond donors (Lipinski definition) is 1. The molecular formula is C12H16N2S. The number of thioether (sulfide) groups is 1. The SMILES string of the molecule is CSc1cccc(NC2=NCCCC2)c1. The maximum Gasteiger partial charge on any atom is 0.101 e. The molecule has 1 N–H and O–H groups in total. The molecule has 0 unspecified atom stereocenters. The molecule has 0 bridgehead atoms. The molecule has 0 atom stereocenters. The third kappa shape index (κ3) is 2.99. The van der Waals surface area contributed by atoms with Crippen molar-refractivity contribution in [1.29, 1.82) is 0 Å². The van der Waals surface area contributed by atoms with Gasteiger partial charge < -0.3 is 5.32 Å². The van der Waals surface area contributed by atoms with E-state index in [1.165, 1.54) is 17.7 Å². The highest BCUT2D eigenvalue weighted by Crippen LogP contribution is 2.19. The zero-order valence-electron chi connectivity index (χ0n) is 8.99. The first-order valence-corrected chi connectivity index (χ1v) is 6.55. The van der Waals surface area contributed by atoms with E-state index in [0.29, 0.717) is 0 Å². The van der Waals surface area contributed by atoms with Crippen molar-refractivity contribution in [3.63, 3.8) is 0 Å². The molecule has 2 rings (SSSR count). The van der Waals surface area contributed by atoms with Crippen LogP contribution in [0.3, 0.4) is 0 Å². The Morgan fingerprint density at radius 2 is 2.27 bits per heavy atom. The summed E-state index contributed by atoms with van der Waals surface area (Å²) in [5, 5.41) is 3.39. The summed E-state index contributed by atoms with van der Waals surface area (Å²) in [7, 11) is 0. The van der Waals surface area contributed by atoms with Crippen molar-refractivity contribution in [1.82, 2.24) is 0 Å². The van der Waals surface area contributed by atoms with E-state index in [9.17, 15) is 0 Å². The molecule has 1 aromatic carbocycles. The highest BCUT2D eigenvalue weighted by atomic mass is 32.2. The van der Waals surface area contributed by atoms with Gasteiger partial charge in [-0.2, -0.15) is 0 Å². The van der Waals surface area contributed by atoms with Gasteiger partial charge in [-0.1, -0.05) is 6.07 Å². The lowest BCUT2D eigenvalue weighted by atomic mass is 10.2. The number of hydrogen-bond acceptors (Lipinski definition) is 3. The van der Waals surface area contributed by atoms with E-state index in [-0.39, 0.29) is 0 Å². The Morgan fingerprint density at radius 1 is 1.33 bits per heavy atom. The van der Waals surface area contributed by atoms with Crippen LogP contribution in [0.15, 0.2) is 34.2 Å². The molecule has 2 nitrogen and oxygen atoms in total. The minimum absolute atomic E-state index is 0.977. The first-order valence-electron chi connectivity index (χ1n) is 5.33. The lowest BCUT2D eigenvalue weighted by molar-refractivity contribution is 0.737. The summed E-state index contributed by atoms with van der Waals surface area (Å²) >= 11 is 1.77. The van der Waals surface area contributed by atoms with E-state index in [2.05, 4.69) is 40.8 Å². The van der Waals surface area contributed by atoms with Crippen LogP contribution in [-0.2, 0) is 0 Å². The van der Waals surface area contributed by atoms with Crippen LogP contribution in [0.4, 0.5) is 5.69 Å². The van der Waals surface area contributed by atoms with Gasteiger partial charge in [-0.05, 0) is 37.3 Å². The summed E-state index contributed by atoms with van der Waals surface area (Å²) in [6.45, 7) is 0.977. The van der Waals surface area contributed by atoms with Gasteiger partial charge in [0.25, 0.3) is 0 Å². The van der Waals surface area contributed by atoms with Gasteiger partial charge in [0.15, 0.2) is 0 Å². The molecule has 0 fully saturated rings. The van der Waals surface area contributed by atoms with Crippen LogP contribution in [0.1, 0.15) is 19.3 Å². The third-order valence-corrected chi connectivity index (χ3v) is 3.21. The third-order valence-electron chi connectivity index (χ3n) is 2.48. The molecule has 0 saturated heterocycles. The minimum atomic E-state index is 0.977. The van der Waals surface area contributed by atoms with Gasteiger partial charge in [0.1, 0.15) is 5.84 Å². The van der Waals surface area contributed by atoms with Gasteiger partial charge in [-0.15, -0.1) is 11.8 Å². The van der Waals surface area contributed by atoms with Crippen molar-refractivity contribution in [2.24, 2.45) is 4.99 Å². The van der Waals surface area contributed by atoms with Crippen molar-refractivity contribution in [2.75, 3.05) is 18.1 Å². The number of nitrogens with one attached hydrogen (secondary N) is 1. The van der Waals surface area contributed by atoms with E-state index >= 15 is 0 Å². The van der Waals surface area contributed by atoms with E-state index in [1.54, 1.807) is 11.8 Å². The molecule has 1 aliphatic rings. The van der Waals surface area contributed by atoms with Crippen LogP contribution in [0.25, 0.3) is 0 Å². The van der Waals surface area contributed by atoms with Gasteiger partial charge >= 0.3 is 0 Å². The van der Waals surface area contributed by atoms with Crippen molar-refractivity contribution in [3.8, 4) is 0 Å². The number of anilines is 1. The molecule has 1 aliphatic heterocycles. The fraction of sp³-hybridized carbons (Fsp3) is 0.417. The molecule has 0 spiro atoms. The number of nitrogens with zero attached hydrogens (tertiary/aromatic N) is 1. The molecule has 80 valence electrons. The topological polar surface area (TPSA) is 24.4 Å². The standard InChI is InChI=1S/C12H16N2S/c1-15-11-6-4-5-10(9-11)14-12-7-2-3-8-13-12/h4-6,9H,2-3,7-8H2,1H3,(H,13,14). The molecule has 0 aromatic heterocycles. The summed E-state index contributed by atoms with van der Waals surface area (Å²) in [6, 6.07) is 8.47. The lowest BCUT2D eigenvalue weighted by Crippen LogP contribution is -2.15. The van der Waals surface area contributed by atoms with Crippen LogP contribution >= 0.6 is 11.8 Å². The Bertz CT molecular complexity index is 360. The molecular weight excluding hydrogens is 204 g/mol. The second-order valence-corrected chi connectivity index (χ2v) is 4.52. The average molecular weight is 220 g/mol. The van der Waals surface area contributed by atoms with E-state index in [1.807, 2.05) is 0 Å². The molecule has 3 heteroatoms. The Hall–Kier alpha value is -0.960. The summed E-state index contributed by atoms with van der Waals surface area (Å²) in [6.07, 6.45) is 5.67. The van der Waals surface area contributed by atoms with Crippen LogP contribution in [0, 0.1) is 0 Å². The largest absolute Gasteiger partial charge is 0.344 e. The summed E-state index contributed by atoms with van der Waals surface area (Å²) in [5.74, 6) is 1.14. The Morgan fingerprint density at radius 3 is 3.00 bits per heavy atom. The number of amidine groups is 1. The molecule has 0 amide bonds. The zero-order valence-corrected chi connectivity index (χ0v) is 9.81. The molecule has 1 aromatic rings. The smallest absolute Gasteiger partial charge is 0.101 e. The Labute approximate surface area is 95.2 Å². The first-order chi connectivity index (χ1) is 7.38. The highest BCUT2D eigenvalue weighted by molar-refractivity contribution is 7.98. The van der Waals surface area contributed by atoms with Crippen molar-refractivity contribution in [2.45, 2.75) is 24.2 Å². The van der Waals surface area contributed by atoms with Crippen molar-refractivity contribution in [3.05, 3.63) is 24.3 Å². The van der Waals surface area contributed by atoms with Gasteiger partial charge in [-0.25, -0.2) is 0 Å². The second-order valence-electron chi connectivity index (χ2n) is 3.64. The van der Waals surface area contributed by atoms with E-state index in [4.69, 9.17) is 0 Å². The number of rotatable bonds is 2. The van der Waals surface area contributed by atoms with Gasteiger partial charge in [0.05, 0.1) is 0 Å². The monoisotopic (exact) mass is 220 g/mol. The van der Waals surface area contributed by atoms with Crippen LogP contribution in [0.5, 0.6) is 0 Å². The Balaban J connectivity index is 2.06. The van der Waals surface area contributed by atoms with Crippen LogP contribution in [0.2, 0.25) is 0 Å². The Kier molecular flexibility index (Phi) is 3.67. The van der Waals surface area contributed by atoms with Crippen LogP contribution in [-0.4, -0.2) is 18.6 Å². The molecule has 0 radical (unpaired) electrons. The maximum atomic E-state index is 4.48. The average Bonchev–Trinajstić information content (AvgIpc) is 2.31. The van der Waals surface area contributed by atoms with E-state index in [0.717, 1.165) is 24.5 Å². The molecule has 15 heavy (non-hydrogen) atoms. The minimum Gasteiger partial charge on any atom is -0.344 e. The predicted molar refractivity (Wildman–Crippen MR) is 68.0 cm³/mol. The summed E-state index contributed by atoms with van der Waals surface area (Å²) < 4.78 is 0. The maximum absolute atomic E-state index is 4.48. The fourth-order valence-corrected chi connectivity index (χ4v) is 2.13. The van der Waals surface area contributed by atoms with Gasteiger partial charge in [-0.3, -0.25) is 4.99 Å². The van der Waals surface area contributed by atoms with Crippen LogP contribution < -0.4 is 5.32 Å². The highest BCUT2D eigenvalue weighted by Gasteiger charge is 2.05. The van der Waals surface area contributed by atoms with Gasteiger partial charge in [0.2, 0.25) is 0 Å². The number of aliphatic imine (C=N–C) groups is 1. The fourth-order valence-electron chi connectivity index (χ4n) is 1.67. The quantitative estimate of drug-likeness (QED) is 0.772. The normalized spacial score (nSPS) is 15.9. The van der Waals surface area contributed by atoms with Crippen molar-refractivity contribution < 1.29 is 0 Å². The molecule has 0 aliphatic carbocycles. The molecule has 1 heterocycles. The first kappa shape index (κ1) is 10.6. The second kappa shape index (κ2) is 5.21. The lowest BCUT2D eigenvalue weighted by Gasteiger charge is -2.14. The molecule has 0 saturated carbocycles. The zero-order chi connectivity index (χ0) is 10.5. The summed E-state index contributed by atoms with van der Waals surface area (Å²) in [4.78, 5) is 5.77.